The molecule has 1 atom stereocenters. The fraction of sp³-hybridized carbons (Fsp3) is 0.600. The Bertz CT molecular complexity index is 445. The Hall–Kier alpha value is -1.07. The first-order valence-corrected chi connectivity index (χ1v) is 7.16. The second-order valence-electron chi connectivity index (χ2n) is 5.40. The van der Waals surface area contributed by atoms with Crippen LogP contribution in [-0.4, -0.2) is 31.1 Å². The van der Waals surface area contributed by atoms with Crippen molar-refractivity contribution >= 4 is 0 Å². The highest BCUT2D eigenvalue weighted by molar-refractivity contribution is 5.20. The van der Waals surface area contributed by atoms with Crippen molar-refractivity contribution in [2.24, 2.45) is 5.92 Å². The van der Waals surface area contributed by atoms with Crippen LogP contribution in [0.25, 0.3) is 0 Å². The fourth-order valence-electron chi connectivity index (χ4n) is 2.68. The lowest BCUT2D eigenvalue weighted by molar-refractivity contribution is 0.207. The van der Waals surface area contributed by atoms with E-state index in [0.29, 0.717) is 18.5 Å². The zero-order chi connectivity index (χ0) is 14.5. The van der Waals surface area contributed by atoms with Crippen molar-refractivity contribution in [2.45, 2.75) is 26.3 Å². The minimum Gasteiger partial charge on any atom is -0.316 e. The Morgan fingerprint density at radius 2 is 1.95 bits per heavy atom. The maximum Gasteiger partial charge on any atom is 0.161 e. The van der Waals surface area contributed by atoms with E-state index in [1.807, 2.05) is 6.92 Å². The summed E-state index contributed by atoms with van der Waals surface area (Å²) in [6.45, 7) is 5.94. The predicted molar refractivity (Wildman–Crippen MR) is 72.9 cm³/mol. The average Bonchev–Trinajstić information content (AvgIpc) is 2.45. The maximum absolute atomic E-state index is 13.7. The number of rotatable bonds is 5. The van der Waals surface area contributed by atoms with Gasteiger partial charge in [-0.25, -0.2) is 13.2 Å². The van der Waals surface area contributed by atoms with E-state index in [-0.39, 0.29) is 5.56 Å². The molecule has 1 aliphatic rings. The van der Waals surface area contributed by atoms with Gasteiger partial charge in [-0.2, -0.15) is 0 Å². The fourth-order valence-corrected chi connectivity index (χ4v) is 2.68. The first-order chi connectivity index (χ1) is 9.60. The lowest BCUT2D eigenvalue weighted by Crippen LogP contribution is -2.38. The van der Waals surface area contributed by atoms with Crippen LogP contribution in [0.3, 0.4) is 0 Å². The van der Waals surface area contributed by atoms with Crippen molar-refractivity contribution in [3.8, 4) is 0 Å². The molecule has 0 saturated carbocycles. The predicted octanol–water partition coefficient (Wildman–Crippen LogP) is 2.93. The molecule has 1 N–H and O–H groups in total. The molecule has 1 aromatic rings. The molecule has 0 radical (unpaired) electrons. The number of hydrogen-bond donors (Lipinski definition) is 1. The van der Waals surface area contributed by atoms with E-state index in [0.717, 1.165) is 45.1 Å². The molecule has 1 unspecified atom stereocenters. The van der Waals surface area contributed by atoms with E-state index >= 15 is 0 Å². The van der Waals surface area contributed by atoms with Crippen LogP contribution in [0.1, 0.15) is 25.3 Å². The molecular formula is C15H21F3N2. The number of benzene rings is 1. The molecule has 0 amide bonds. The number of nitrogens with zero attached hydrogens (tertiary/aromatic N) is 1. The smallest absolute Gasteiger partial charge is 0.161 e. The Kier molecular flexibility index (Phi) is 5.43. The van der Waals surface area contributed by atoms with E-state index in [1.54, 1.807) is 0 Å². The van der Waals surface area contributed by atoms with Gasteiger partial charge >= 0.3 is 0 Å². The third kappa shape index (κ3) is 3.96. The zero-order valence-electron chi connectivity index (χ0n) is 11.8. The first-order valence-electron chi connectivity index (χ1n) is 7.16. The summed E-state index contributed by atoms with van der Waals surface area (Å²) in [5, 5.41) is 3.35. The molecule has 5 heteroatoms. The van der Waals surface area contributed by atoms with Gasteiger partial charge in [0.1, 0.15) is 5.82 Å². The molecular weight excluding hydrogens is 265 g/mol. The quantitative estimate of drug-likeness (QED) is 0.837. The third-order valence-corrected chi connectivity index (χ3v) is 3.85. The van der Waals surface area contributed by atoms with Crippen molar-refractivity contribution in [1.29, 1.82) is 0 Å². The van der Waals surface area contributed by atoms with Gasteiger partial charge in [-0.15, -0.1) is 0 Å². The summed E-state index contributed by atoms with van der Waals surface area (Å²) < 4.78 is 39.8. The molecule has 2 rings (SSSR count). The molecule has 1 fully saturated rings. The molecule has 0 bridgehead atoms. The van der Waals surface area contributed by atoms with Crippen molar-refractivity contribution < 1.29 is 13.2 Å². The molecule has 0 aliphatic carbocycles. The van der Waals surface area contributed by atoms with Gasteiger partial charge in [-0.3, -0.25) is 4.90 Å². The van der Waals surface area contributed by atoms with Crippen molar-refractivity contribution in [3.63, 3.8) is 0 Å². The van der Waals surface area contributed by atoms with Crippen molar-refractivity contribution in [2.75, 3.05) is 26.2 Å². The summed E-state index contributed by atoms with van der Waals surface area (Å²) in [5.41, 5.74) is 0.217. The summed E-state index contributed by atoms with van der Waals surface area (Å²) >= 11 is 0. The van der Waals surface area contributed by atoms with Crippen molar-refractivity contribution in [1.82, 2.24) is 10.2 Å². The minimum atomic E-state index is -1.13. The molecule has 1 aromatic carbocycles. The molecule has 0 aromatic heterocycles. The van der Waals surface area contributed by atoms with E-state index in [1.165, 1.54) is 0 Å². The SMILES string of the molecule is CCN(Cc1cc(F)c(F)cc1F)CC1CCCNC1. The highest BCUT2D eigenvalue weighted by atomic mass is 19.2. The van der Waals surface area contributed by atoms with Gasteiger partial charge in [0.2, 0.25) is 0 Å². The standard InChI is InChI=1S/C15H21F3N2/c1-2-20(9-11-4-3-5-19-8-11)10-12-6-14(17)15(18)7-13(12)16/h6-7,11,19H,2-5,8-10H2,1H3. The molecule has 1 saturated heterocycles. The largest absolute Gasteiger partial charge is 0.316 e. The highest BCUT2D eigenvalue weighted by Gasteiger charge is 2.18. The normalized spacial score (nSPS) is 19.6. The summed E-state index contributed by atoms with van der Waals surface area (Å²) in [6.07, 6.45) is 2.31. The van der Waals surface area contributed by atoms with Gasteiger partial charge in [-0.1, -0.05) is 6.92 Å². The Morgan fingerprint density at radius 3 is 2.60 bits per heavy atom. The summed E-state index contributed by atoms with van der Waals surface area (Å²) in [4.78, 5) is 2.08. The molecule has 1 heterocycles. The van der Waals surface area contributed by atoms with E-state index in [4.69, 9.17) is 0 Å². The van der Waals surface area contributed by atoms with Crippen LogP contribution in [0.2, 0.25) is 0 Å². The number of halogens is 3. The van der Waals surface area contributed by atoms with Crippen LogP contribution in [0.4, 0.5) is 13.2 Å². The number of hydrogen-bond acceptors (Lipinski definition) is 2. The van der Waals surface area contributed by atoms with Crippen LogP contribution < -0.4 is 5.32 Å². The molecule has 2 nitrogen and oxygen atoms in total. The van der Waals surface area contributed by atoms with Crippen molar-refractivity contribution in [3.05, 3.63) is 35.1 Å². The minimum absolute atomic E-state index is 0.217. The van der Waals surface area contributed by atoms with Gasteiger partial charge in [0.05, 0.1) is 0 Å². The average molecular weight is 286 g/mol. The Balaban J connectivity index is 2.00. The number of piperidine rings is 1. The molecule has 1 aliphatic heterocycles. The Labute approximate surface area is 118 Å². The van der Waals surface area contributed by atoms with Crippen LogP contribution in [-0.2, 0) is 6.54 Å². The van der Waals surface area contributed by atoms with Crippen LogP contribution >= 0.6 is 0 Å². The van der Waals surface area contributed by atoms with Gasteiger partial charge < -0.3 is 5.32 Å². The monoisotopic (exact) mass is 286 g/mol. The third-order valence-electron chi connectivity index (χ3n) is 3.85. The van der Waals surface area contributed by atoms with E-state index in [2.05, 4.69) is 10.2 Å². The second kappa shape index (κ2) is 7.09. The molecule has 112 valence electrons. The zero-order valence-corrected chi connectivity index (χ0v) is 11.8. The van der Waals surface area contributed by atoms with Gasteiger partial charge in [-0.05, 0) is 44.5 Å². The van der Waals surface area contributed by atoms with Gasteiger partial charge in [0, 0.05) is 24.7 Å². The van der Waals surface area contributed by atoms with E-state index < -0.39 is 17.5 Å². The second-order valence-corrected chi connectivity index (χ2v) is 5.40. The van der Waals surface area contributed by atoms with E-state index in [9.17, 15) is 13.2 Å². The lowest BCUT2D eigenvalue weighted by Gasteiger charge is -2.29. The summed E-state index contributed by atoms with van der Waals surface area (Å²) in [6, 6.07) is 1.59. The van der Waals surface area contributed by atoms with Crippen LogP contribution in [0.15, 0.2) is 12.1 Å². The van der Waals surface area contributed by atoms with Crippen LogP contribution in [0, 0.1) is 23.4 Å². The molecule has 20 heavy (non-hydrogen) atoms. The maximum atomic E-state index is 13.7. The van der Waals surface area contributed by atoms with Crippen LogP contribution in [0.5, 0.6) is 0 Å². The molecule has 0 spiro atoms. The van der Waals surface area contributed by atoms with Gasteiger partial charge in [0.15, 0.2) is 11.6 Å². The number of nitrogens with one attached hydrogen (secondary N) is 1. The first kappa shape index (κ1) is 15.3. The topological polar surface area (TPSA) is 15.3 Å². The summed E-state index contributed by atoms with van der Waals surface area (Å²) in [7, 11) is 0. The van der Waals surface area contributed by atoms with Gasteiger partial charge in [0.25, 0.3) is 0 Å². The summed E-state index contributed by atoms with van der Waals surface area (Å²) in [5.74, 6) is -2.26. The lowest BCUT2D eigenvalue weighted by atomic mass is 9.99. The highest BCUT2D eigenvalue weighted by Crippen LogP contribution is 2.18. The Morgan fingerprint density at radius 1 is 1.20 bits per heavy atom.